The Kier molecular flexibility index (Phi) is 4.34. The van der Waals surface area contributed by atoms with Crippen LogP contribution >= 0.6 is 0 Å². The third-order valence-electron chi connectivity index (χ3n) is 3.36. The largest absolute Gasteiger partial charge is 0.390 e. The van der Waals surface area contributed by atoms with Crippen LogP contribution in [0.3, 0.4) is 0 Å². The highest BCUT2D eigenvalue weighted by atomic mass is 16.3. The van der Waals surface area contributed by atoms with Crippen molar-refractivity contribution in [1.29, 1.82) is 0 Å². The second-order valence-corrected chi connectivity index (χ2v) is 5.28. The fourth-order valence-corrected chi connectivity index (χ4v) is 2.02. The van der Waals surface area contributed by atoms with Crippen LogP contribution in [0.4, 0.5) is 5.82 Å². The van der Waals surface area contributed by atoms with E-state index in [0.717, 1.165) is 23.3 Å². The molecule has 2 heterocycles. The third-order valence-corrected chi connectivity index (χ3v) is 3.36. The van der Waals surface area contributed by atoms with Crippen LogP contribution in [-0.4, -0.2) is 37.2 Å². The van der Waals surface area contributed by atoms with Gasteiger partial charge in [-0.25, -0.2) is 15.0 Å². The first-order valence-corrected chi connectivity index (χ1v) is 6.78. The lowest BCUT2D eigenvalue weighted by molar-refractivity contribution is 0.0564. The van der Waals surface area contributed by atoms with Gasteiger partial charge in [-0.2, -0.15) is 0 Å². The molecule has 2 rings (SSSR count). The van der Waals surface area contributed by atoms with E-state index in [1.165, 1.54) is 6.33 Å². The number of nitrogens with one attached hydrogen (secondary N) is 2. The lowest BCUT2D eigenvalue weighted by Crippen LogP contribution is -2.22. The van der Waals surface area contributed by atoms with Crippen molar-refractivity contribution in [2.45, 2.75) is 39.2 Å². The first kappa shape index (κ1) is 14.5. The number of imidazole rings is 1. The molecule has 3 N–H and O–H groups in total. The zero-order valence-electron chi connectivity index (χ0n) is 12.1. The van der Waals surface area contributed by atoms with E-state index in [0.29, 0.717) is 18.6 Å². The number of aliphatic hydroxyl groups is 1. The lowest BCUT2D eigenvalue weighted by Gasteiger charge is -2.21. The smallest absolute Gasteiger partial charge is 0.182 e. The normalized spacial score (nSPS) is 15.3. The average Bonchev–Trinajstić information content (AvgIpc) is 2.87. The molecule has 108 valence electrons. The number of hydrogen-bond acceptors (Lipinski definition) is 5. The van der Waals surface area contributed by atoms with Crippen LogP contribution in [0.2, 0.25) is 0 Å². The molecule has 0 saturated carbocycles. The third kappa shape index (κ3) is 3.54. The molecule has 0 spiro atoms. The van der Waals surface area contributed by atoms with Crippen LogP contribution < -0.4 is 5.32 Å². The molecule has 0 bridgehead atoms. The molecule has 0 radical (unpaired) electrons. The standard InChI is InChI=1S/C14H21N5O/c1-4-14(3,20)7-10(2)5-6-15-12-11-13(17-8-16-11)19-9-18-12/h5,8-9,20H,4,6-7H2,1-3H3,(H2,15,16,17,18,19)/b10-5+. The highest BCUT2D eigenvalue weighted by Gasteiger charge is 2.17. The Morgan fingerprint density at radius 3 is 3.00 bits per heavy atom. The highest BCUT2D eigenvalue weighted by molar-refractivity contribution is 5.81. The van der Waals surface area contributed by atoms with Gasteiger partial charge in [-0.3, -0.25) is 0 Å². The fraction of sp³-hybridized carbons (Fsp3) is 0.500. The molecule has 0 aliphatic heterocycles. The Balaban J connectivity index is 1.97. The van der Waals surface area contributed by atoms with Gasteiger partial charge < -0.3 is 15.4 Å². The Labute approximate surface area is 118 Å². The number of fused-ring (bicyclic) bond motifs is 1. The molecular formula is C14H21N5O. The Morgan fingerprint density at radius 1 is 1.45 bits per heavy atom. The number of anilines is 1. The van der Waals surface area contributed by atoms with Gasteiger partial charge in [0.05, 0.1) is 11.9 Å². The van der Waals surface area contributed by atoms with E-state index in [4.69, 9.17) is 0 Å². The van der Waals surface area contributed by atoms with Gasteiger partial charge in [-0.1, -0.05) is 18.6 Å². The molecule has 0 amide bonds. The van der Waals surface area contributed by atoms with E-state index < -0.39 is 5.60 Å². The minimum atomic E-state index is -0.633. The first-order valence-electron chi connectivity index (χ1n) is 6.78. The molecule has 2 aromatic rings. The number of nitrogens with zero attached hydrogens (tertiary/aromatic N) is 3. The monoisotopic (exact) mass is 275 g/mol. The Hall–Kier alpha value is -1.95. The van der Waals surface area contributed by atoms with Gasteiger partial charge in [0.25, 0.3) is 0 Å². The number of H-pyrrole nitrogens is 1. The summed E-state index contributed by atoms with van der Waals surface area (Å²) in [6.07, 6.45) is 6.57. The molecule has 6 nitrogen and oxygen atoms in total. The second-order valence-electron chi connectivity index (χ2n) is 5.28. The molecule has 0 saturated heterocycles. The lowest BCUT2D eigenvalue weighted by atomic mass is 9.94. The van der Waals surface area contributed by atoms with Crippen molar-refractivity contribution >= 4 is 17.0 Å². The molecule has 0 aliphatic carbocycles. The van der Waals surface area contributed by atoms with Gasteiger partial charge in [0.2, 0.25) is 0 Å². The quantitative estimate of drug-likeness (QED) is 0.704. The van der Waals surface area contributed by atoms with E-state index in [-0.39, 0.29) is 0 Å². The molecule has 0 aliphatic rings. The maximum absolute atomic E-state index is 10.0. The molecule has 1 atom stereocenters. The number of hydrogen-bond donors (Lipinski definition) is 3. The molecule has 0 fully saturated rings. The van der Waals surface area contributed by atoms with Crippen molar-refractivity contribution in [3.63, 3.8) is 0 Å². The summed E-state index contributed by atoms with van der Waals surface area (Å²) in [6, 6.07) is 0. The van der Waals surface area contributed by atoms with E-state index in [9.17, 15) is 5.11 Å². The molecule has 20 heavy (non-hydrogen) atoms. The first-order chi connectivity index (χ1) is 9.52. The molecule has 1 unspecified atom stereocenters. The Bertz CT molecular complexity index is 602. The maximum Gasteiger partial charge on any atom is 0.182 e. The maximum atomic E-state index is 10.0. The zero-order chi connectivity index (χ0) is 14.6. The van der Waals surface area contributed by atoms with Crippen LogP contribution in [0.25, 0.3) is 11.2 Å². The van der Waals surface area contributed by atoms with Gasteiger partial charge in [0.1, 0.15) is 11.8 Å². The van der Waals surface area contributed by atoms with Crippen LogP contribution in [0.1, 0.15) is 33.6 Å². The summed E-state index contributed by atoms with van der Waals surface area (Å²) in [5.74, 6) is 0.735. The Morgan fingerprint density at radius 2 is 2.25 bits per heavy atom. The van der Waals surface area contributed by atoms with E-state index in [1.54, 1.807) is 6.33 Å². The van der Waals surface area contributed by atoms with Gasteiger partial charge in [-0.15, -0.1) is 0 Å². The zero-order valence-corrected chi connectivity index (χ0v) is 12.1. The summed E-state index contributed by atoms with van der Waals surface area (Å²) in [4.78, 5) is 15.4. The van der Waals surface area contributed by atoms with Crippen LogP contribution in [0.5, 0.6) is 0 Å². The summed E-state index contributed by atoms with van der Waals surface area (Å²) in [7, 11) is 0. The van der Waals surface area contributed by atoms with Crippen molar-refractivity contribution in [1.82, 2.24) is 19.9 Å². The van der Waals surface area contributed by atoms with Gasteiger partial charge >= 0.3 is 0 Å². The van der Waals surface area contributed by atoms with Crippen molar-refractivity contribution in [2.75, 3.05) is 11.9 Å². The number of rotatable bonds is 6. The molecule has 0 aromatic carbocycles. The van der Waals surface area contributed by atoms with E-state index in [1.807, 2.05) is 20.8 Å². The average molecular weight is 275 g/mol. The van der Waals surface area contributed by atoms with Crippen LogP contribution in [0.15, 0.2) is 24.3 Å². The SMILES string of the molecule is CCC(C)(O)C/C(C)=C/CNc1ncnc2nc[nH]c12. The molecule has 6 heteroatoms. The summed E-state index contributed by atoms with van der Waals surface area (Å²) >= 11 is 0. The summed E-state index contributed by atoms with van der Waals surface area (Å²) < 4.78 is 0. The molecular weight excluding hydrogens is 254 g/mol. The van der Waals surface area contributed by atoms with Crippen LogP contribution in [0, 0.1) is 0 Å². The van der Waals surface area contributed by atoms with Crippen molar-refractivity contribution < 1.29 is 5.11 Å². The highest BCUT2D eigenvalue weighted by Crippen LogP contribution is 2.19. The summed E-state index contributed by atoms with van der Waals surface area (Å²) in [5.41, 5.74) is 1.97. The van der Waals surface area contributed by atoms with E-state index in [2.05, 4.69) is 31.3 Å². The summed E-state index contributed by atoms with van der Waals surface area (Å²) in [5, 5.41) is 13.3. The van der Waals surface area contributed by atoms with Crippen molar-refractivity contribution in [3.05, 3.63) is 24.3 Å². The second kappa shape index (κ2) is 6.00. The van der Waals surface area contributed by atoms with Crippen molar-refractivity contribution in [3.8, 4) is 0 Å². The summed E-state index contributed by atoms with van der Waals surface area (Å²) in [6.45, 7) is 6.52. The minimum Gasteiger partial charge on any atom is -0.390 e. The predicted octanol–water partition coefficient (Wildman–Crippen LogP) is 2.26. The molecule has 2 aromatic heterocycles. The van der Waals surface area contributed by atoms with Crippen LogP contribution in [-0.2, 0) is 0 Å². The van der Waals surface area contributed by atoms with Gasteiger partial charge in [0.15, 0.2) is 11.5 Å². The minimum absolute atomic E-state index is 0.633. The van der Waals surface area contributed by atoms with Gasteiger partial charge in [-0.05, 0) is 26.7 Å². The fourth-order valence-electron chi connectivity index (χ4n) is 2.02. The van der Waals surface area contributed by atoms with Gasteiger partial charge in [0, 0.05) is 6.54 Å². The topological polar surface area (TPSA) is 86.7 Å². The number of aromatic amines is 1. The van der Waals surface area contributed by atoms with Crippen molar-refractivity contribution in [2.24, 2.45) is 0 Å². The van der Waals surface area contributed by atoms with E-state index >= 15 is 0 Å². The predicted molar refractivity (Wildman–Crippen MR) is 79.5 cm³/mol. The number of aromatic nitrogens is 4.